The maximum Gasteiger partial charge on any atom is 0.321 e. The number of halogens is 2. The van der Waals surface area contributed by atoms with Crippen LogP contribution < -0.4 is 0 Å². The number of sulfone groups is 1. The van der Waals surface area contributed by atoms with Crippen LogP contribution in [0.2, 0.25) is 0 Å². The summed E-state index contributed by atoms with van der Waals surface area (Å²) in [5, 5.41) is 0. The Balaban J connectivity index is 1.59. The summed E-state index contributed by atoms with van der Waals surface area (Å²) in [7, 11) is -1.38. The molecular weight excluding hydrogens is 500 g/mol. The Morgan fingerprint density at radius 1 is 1.14 bits per heavy atom. The van der Waals surface area contributed by atoms with Crippen LogP contribution in [0.1, 0.15) is 24.0 Å². The molecule has 198 valence electrons. The second kappa shape index (κ2) is 10.7. The largest absolute Gasteiger partial charge is 0.325 e. The van der Waals surface area contributed by atoms with Crippen LogP contribution in [0.15, 0.2) is 54.6 Å². The Morgan fingerprint density at radius 2 is 1.81 bits per heavy atom. The van der Waals surface area contributed by atoms with E-state index in [2.05, 4.69) is 4.90 Å². The summed E-state index contributed by atoms with van der Waals surface area (Å²) in [6.07, 6.45) is 4.74. The van der Waals surface area contributed by atoms with Crippen molar-refractivity contribution in [1.82, 2.24) is 14.7 Å². The number of hydrogen-bond donors (Lipinski definition) is 0. The lowest BCUT2D eigenvalue weighted by Gasteiger charge is -2.41. The predicted molar refractivity (Wildman–Crippen MR) is 138 cm³/mol. The molecule has 1 fully saturated rings. The lowest BCUT2D eigenvalue weighted by molar-refractivity contribution is -0.114. The molecule has 4 rings (SSSR count). The smallest absolute Gasteiger partial charge is 0.321 e. The van der Waals surface area contributed by atoms with Crippen molar-refractivity contribution in [3.05, 3.63) is 77.4 Å². The Morgan fingerprint density at radius 3 is 2.43 bits per heavy atom. The van der Waals surface area contributed by atoms with Crippen LogP contribution in [0.3, 0.4) is 0 Å². The molecule has 0 saturated carbocycles. The van der Waals surface area contributed by atoms with E-state index >= 15 is 0 Å². The molecule has 7 nitrogen and oxygen atoms in total. The van der Waals surface area contributed by atoms with Crippen molar-refractivity contribution < 1.29 is 26.8 Å². The van der Waals surface area contributed by atoms with E-state index in [-0.39, 0.29) is 23.9 Å². The van der Waals surface area contributed by atoms with Gasteiger partial charge < -0.3 is 14.7 Å². The highest BCUT2D eigenvalue weighted by Gasteiger charge is 2.47. The Labute approximate surface area is 216 Å². The molecule has 0 aromatic heterocycles. The number of amides is 2. The van der Waals surface area contributed by atoms with Gasteiger partial charge in [0.1, 0.15) is 27.0 Å². The minimum atomic E-state index is -3.06. The summed E-state index contributed by atoms with van der Waals surface area (Å²) in [5.74, 6) is -1.16. The fraction of sp³-hybridized carbons (Fsp3) is 0.407. The summed E-state index contributed by atoms with van der Waals surface area (Å²) >= 11 is 0. The highest BCUT2D eigenvalue weighted by molar-refractivity contribution is 7.90. The van der Waals surface area contributed by atoms with Crippen molar-refractivity contribution in [3.8, 4) is 0 Å². The summed E-state index contributed by atoms with van der Waals surface area (Å²) in [5.41, 5.74) is -0.560. The van der Waals surface area contributed by atoms with Crippen LogP contribution >= 0.6 is 0 Å². The normalized spacial score (nSPS) is 21.1. The van der Waals surface area contributed by atoms with Gasteiger partial charge in [0.15, 0.2) is 6.29 Å². The van der Waals surface area contributed by atoms with Gasteiger partial charge in [-0.25, -0.2) is 22.0 Å². The number of carbonyl (C=O) groups is 2. The molecule has 2 amide bonds. The Bertz CT molecular complexity index is 1290. The number of benzene rings is 2. The molecule has 0 radical (unpaired) electrons. The van der Waals surface area contributed by atoms with Crippen LogP contribution in [0.25, 0.3) is 5.57 Å². The lowest BCUT2D eigenvalue weighted by Crippen LogP contribution is -2.55. The maximum absolute atomic E-state index is 14.7. The first-order chi connectivity index (χ1) is 17.5. The van der Waals surface area contributed by atoms with Crippen LogP contribution in [0, 0.1) is 11.6 Å². The molecule has 0 bridgehead atoms. The molecule has 1 unspecified atom stereocenters. The molecule has 2 aliphatic heterocycles. The molecule has 0 N–H and O–H groups in total. The van der Waals surface area contributed by atoms with E-state index in [4.69, 9.17) is 0 Å². The van der Waals surface area contributed by atoms with Gasteiger partial charge in [0.2, 0.25) is 0 Å². The maximum atomic E-state index is 14.7. The van der Waals surface area contributed by atoms with E-state index in [0.29, 0.717) is 49.9 Å². The molecule has 0 spiro atoms. The van der Waals surface area contributed by atoms with E-state index in [1.54, 1.807) is 48.4 Å². The van der Waals surface area contributed by atoms with E-state index in [1.807, 2.05) is 0 Å². The molecular formula is C27H31F2N3O4S. The number of nitrogens with zero attached hydrogens (tertiary/aromatic N) is 3. The zero-order valence-electron chi connectivity index (χ0n) is 20.9. The van der Waals surface area contributed by atoms with Gasteiger partial charge in [-0.3, -0.25) is 4.79 Å². The van der Waals surface area contributed by atoms with Crippen molar-refractivity contribution in [2.24, 2.45) is 0 Å². The summed E-state index contributed by atoms with van der Waals surface area (Å²) < 4.78 is 51.7. The first kappa shape index (κ1) is 26.9. The van der Waals surface area contributed by atoms with Gasteiger partial charge in [0, 0.05) is 51.1 Å². The van der Waals surface area contributed by atoms with Gasteiger partial charge in [0.25, 0.3) is 0 Å². The number of aldehydes is 1. The topological polar surface area (TPSA) is 78.0 Å². The standard InChI is InChI=1S/C27H31F2N3O4S/c1-30(23-10-12-31(13-11-23)14-15-37(2,35)36)26(34)32-18-20(24-16-22(28)8-9-25(24)29)17-27(32,19-33)21-6-4-3-5-7-21/h3-9,16-17,19,23H,10-15,18H2,1-2H3. The highest BCUT2D eigenvalue weighted by atomic mass is 32.2. The quantitative estimate of drug-likeness (QED) is 0.513. The third-order valence-electron chi connectivity index (χ3n) is 7.28. The number of carbonyl (C=O) groups excluding carboxylic acids is 2. The third kappa shape index (κ3) is 5.75. The van der Waals surface area contributed by atoms with E-state index in [1.165, 1.54) is 11.2 Å². The molecule has 2 aromatic rings. The lowest BCUT2D eigenvalue weighted by atomic mass is 9.90. The van der Waals surface area contributed by atoms with Crippen LogP contribution in [-0.2, 0) is 20.2 Å². The Hall–Kier alpha value is -3.11. The monoisotopic (exact) mass is 531 g/mol. The number of hydrogen-bond acceptors (Lipinski definition) is 5. The SMILES string of the molecule is CN(C(=O)N1CC(c2cc(F)ccc2F)=CC1(C=O)c1ccccc1)C1CCN(CCS(C)(=O)=O)CC1. The van der Waals surface area contributed by atoms with Gasteiger partial charge in [-0.15, -0.1) is 0 Å². The number of urea groups is 1. The van der Waals surface area contributed by atoms with Crippen molar-refractivity contribution >= 4 is 27.7 Å². The van der Waals surface area contributed by atoms with Crippen LogP contribution in [0.5, 0.6) is 0 Å². The Kier molecular flexibility index (Phi) is 7.80. The minimum absolute atomic E-state index is 0.0132. The average Bonchev–Trinajstić information content (AvgIpc) is 3.29. The molecule has 2 heterocycles. The fourth-order valence-electron chi connectivity index (χ4n) is 5.10. The first-order valence-electron chi connectivity index (χ1n) is 12.2. The predicted octanol–water partition coefficient (Wildman–Crippen LogP) is 3.32. The zero-order valence-corrected chi connectivity index (χ0v) is 21.8. The van der Waals surface area contributed by atoms with Gasteiger partial charge in [0.05, 0.1) is 5.75 Å². The second-order valence-electron chi connectivity index (χ2n) is 9.79. The summed E-state index contributed by atoms with van der Waals surface area (Å²) in [6.45, 7) is 1.68. The molecule has 37 heavy (non-hydrogen) atoms. The fourth-order valence-corrected chi connectivity index (χ4v) is 5.69. The van der Waals surface area contributed by atoms with E-state index in [9.17, 15) is 26.8 Å². The number of likely N-dealkylation sites (tertiary alicyclic amines) is 1. The van der Waals surface area contributed by atoms with Gasteiger partial charge >= 0.3 is 6.03 Å². The average molecular weight is 532 g/mol. The molecule has 2 aromatic carbocycles. The van der Waals surface area contributed by atoms with Crippen molar-refractivity contribution in [2.75, 3.05) is 45.2 Å². The number of rotatable bonds is 7. The van der Waals surface area contributed by atoms with Crippen molar-refractivity contribution in [1.29, 1.82) is 0 Å². The zero-order chi connectivity index (χ0) is 26.8. The third-order valence-corrected chi connectivity index (χ3v) is 8.20. The number of piperidine rings is 1. The van der Waals surface area contributed by atoms with E-state index < -0.39 is 33.0 Å². The van der Waals surface area contributed by atoms with Gasteiger partial charge in [-0.2, -0.15) is 0 Å². The minimum Gasteiger partial charge on any atom is -0.325 e. The molecule has 0 aliphatic carbocycles. The van der Waals surface area contributed by atoms with Crippen LogP contribution in [0.4, 0.5) is 13.6 Å². The molecule has 1 atom stereocenters. The van der Waals surface area contributed by atoms with Crippen LogP contribution in [-0.4, -0.2) is 86.7 Å². The van der Waals surface area contributed by atoms with Crippen molar-refractivity contribution in [3.63, 3.8) is 0 Å². The highest BCUT2D eigenvalue weighted by Crippen LogP contribution is 2.40. The molecule has 2 aliphatic rings. The van der Waals surface area contributed by atoms with Gasteiger partial charge in [-0.05, 0) is 48.3 Å². The summed E-state index contributed by atoms with van der Waals surface area (Å²) in [4.78, 5) is 31.6. The molecule has 1 saturated heterocycles. The summed E-state index contributed by atoms with van der Waals surface area (Å²) in [6, 6.07) is 11.4. The van der Waals surface area contributed by atoms with E-state index in [0.717, 1.165) is 18.2 Å². The first-order valence-corrected chi connectivity index (χ1v) is 14.2. The molecule has 10 heteroatoms. The van der Waals surface area contributed by atoms with Crippen molar-refractivity contribution in [2.45, 2.75) is 24.4 Å². The second-order valence-corrected chi connectivity index (χ2v) is 12.0. The van der Waals surface area contributed by atoms with Gasteiger partial charge in [-0.1, -0.05) is 30.3 Å².